The first-order chi connectivity index (χ1) is 15.6. The van der Waals surface area contributed by atoms with Crippen molar-refractivity contribution in [3.05, 3.63) is 65.2 Å². The number of benzene rings is 2. The Hall–Kier alpha value is -2.87. The summed E-state index contributed by atoms with van der Waals surface area (Å²) in [7, 11) is -1.94. The van der Waals surface area contributed by atoms with Crippen molar-refractivity contribution in [1.29, 1.82) is 0 Å². The second kappa shape index (κ2) is 11.8. The van der Waals surface area contributed by atoms with Gasteiger partial charge in [-0.2, -0.15) is 0 Å². The fourth-order valence-electron chi connectivity index (χ4n) is 3.84. The Bertz CT molecular complexity index is 1070. The second-order valence-corrected chi connectivity index (χ2v) is 10.2. The van der Waals surface area contributed by atoms with Gasteiger partial charge in [-0.3, -0.25) is 13.9 Å². The Morgan fingerprint density at radius 3 is 2.33 bits per heavy atom. The molecule has 0 aliphatic heterocycles. The second-order valence-electron chi connectivity index (χ2n) is 8.26. The molecule has 1 atom stereocenters. The number of rotatable bonds is 11. The predicted molar refractivity (Wildman–Crippen MR) is 132 cm³/mol. The highest BCUT2D eigenvalue weighted by atomic mass is 32.2. The number of anilines is 1. The van der Waals surface area contributed by atoms with Crippen LogP contribution in [0.1, 0.15) is 42.9 Å². The van der Waals surface area contributed by atoms with E-state index in [0.717, 1.165) is 16.7 Å². The molecule has 2 amide bonds. The number of nitrogens with zero attached hydrogens (tertiary/aromatic N) is 2. The zero-order valence-electron chi connectivity index (χ0n) is 20.2. The van der Waals surface area contributed by atoms with Crippen LogP contribution in [0.4, 0.5) is 5.69 Å². The van der Waals surface area contributed by atoms with E-state index in [9.17, 15) is 18.0 Å². The topological polar surface area (TPSA) is 86.8 Å². The summed E-state index contributed by atoms with van der Waals surface area (Å²) >= 11 is 0. The van der Waals surface area contributed by atoms with Crippen molar-refractivity contribution in [3.63, 3.8) is 0 Å². The maximum absolute atomic E-state index is 13.3. The fraction of sp³-hybridized carbons (Fsp3) is 0.440. The first-order valence-electron chi connectivity index (χ1n) is 11.2. The van der Waals surface area contributed by atoms with Crippen LogP contribution in [-0.2, 0) is 26.2 Å². The van der Waals surface area contributed by atoms with Crippen molar-refractivity contribution in [2.45, 2.75) is 52.6 Å². The Morgan fingerprint density at radius 2 is 1.76 bits per heavy atom. The van der Waals surface area contributed by atoms with Crippen molar-refractivity contribution >= 4 is 27.5 Å². The van der Waals surface area contributed by atoms with Crippen molar-refractivity contribution in [2.24, 2.45) is 0 Å². The van der Waals surface area contributed by atoms with E-state index in [1.54, 1.807) is 18.0 Å². The molecule has 0 fully saturated rings. The van der Waals surface area contributed by atoms with E-state index in [2.05, 4.69) is 5.32 Å². The number of sulfonamides is 1. The van der Waals surface area contributed by atoms with Gasteiger partial charge in [0.1, 0.15) is 6.04 Å². The molecule has 0 bridgehead atoms. The average Bonchev–Trinajstić information content (AvgIpc) is 2.76. The fourth-order valence-corrected chi connectivity index (χ4v) is 4.80. The van der Waals surface area contributed by atoms with Crippen LogP contribution in [0.3, 0.4) is 0 Å². The van der Waals surface area contributed by atoms with E-state index in [1.165, 1.54) is 10.6 Å². The van der Waals surface area contributed by atoms with Crippen LogP contribution < -0.4 is 9.62 Å². The quantitative estimate of drug-likeness (QED) is 0.542. The summed E-state index contributed by atoms with van der Waals surface area (Å²) in [5.74, 6) is -0.386. The highest BCUT2D eigenvalue weighted by Gasteiger charge is 2.28. The molecular formula is C25H35N3O4S. The molecular weight excluding hydrogens is 438 g/mol. The van der Waals surface area contributed by atoms with Gasteiger partial charge in [-0.05, 0) is 55.5 Å². The number of carbonyl (C=O) groups excluding carboxylic acids is 2. The zero-order valence-corrected chi connectivity index (χ0v) is 21.0. The molecule has 7 nitrogen and oxygen atoms in total. The first-order valence-corrected chi connectivity index (χ1v) is 13.0. The first kappa shape index (κ1) is 26.4. The minimum Gasteiger partial charge on any atom is -0.357 e. The largest absolute Gasteiger partial charge is 0.357 e. The van der Waals surface area contributed by atoms with Crippen molar-refractivity contribution < 1.29 is 18.0 Å². The van der Waals surface area contributed by atoms with Crippen molar-refractivity contribution in [1.82, 2.24) is 10.2 Å². The molecule has 0 saturated carbocycles. The summed E-state index contributed by atoms with van der Waals surface area (Å²) in [6, 6.07) is 14.5. The van der Waals surface area contributed by atoms with Gasteiger partial charge in [0.25, 0.3) is 0 Å². The third kappa shape index (κ3) is 7.32. The van der Waals surface area contributed by atoms with Crippen LogP contribution in [0.5, 0.6) is 0 Å². The molecule has 33 heavy (non-hydrogen) atoms. The molecule has 2 aromatic carbocycles. The van der Waals surface area contributed by atoms with Gasteiger partial charge in [-0.1, -0.05) is 43.3 Å². The summed E-state index contributed by atoms with van der Waals surface area (Å²) in [5.41, 5.74) is 3.56. The van der Waals surface area contributed by atoms with Crippen LogP contribution >= 0.6 is 0 Å². The van der Waals surface area contributed by atoms with Gasteiger partial charge in [0.05, 0.1) is 11.9 Å². The lowest BCUT2D eigenvalue weighted by Crippen LogP contribution is -2.48. The molecule has 1 unspecified atom stereocenters. The Kier molecular flexibility index (Phi) is 9.46. The Morgan fingerprint density at radius 1 is 1.06 bits per heavy atom. The van der Waals surface area contributed by atoms with Gasteiger partial charge < -0.3 is 10.2 Å². The third-order valence-corrected chi connectivity index (χ3v) is 6.87. The molecule has 0 aliphatic carbocycles. The monoisotopic (exact) mass is 473 g/mol. The minimum atomic E-state index is -3.50. The van der Waals surface area contributed by atoms with Crippen LogP contribution in [0.2, 0.25) is 0 Å². The number of aryl methyl sites for hydroxylation is 2. The van der Waals surface area contributed by atoms with E-state index in [0.29, 0.717) is 25.1 Å². The third-order valence-electron chi connectivity index (χ3n) is 5.68. The van der Waals surface area contributed by atoms with Gasteiger partial charge in [-0.25, -0.2) is 8.42 Å². The highest BCUT2D eigenvalue weighted by Crippen LogP contribution is 2.21. The molecule has 0 spiro atoms. The van der Waals surface area contributed by atoms with E-state index in [4.69, 9.17) is 0 Å². The number of carbonyl (C=O) groups is 2. The molecule has 1 N–H and O–H groups in total. The van der Waals surface area contributed by atoms with Crippen LogP contribution in [0.15, 0.2) is 48.5 Å². The lowest BCUT2D eigenvalue weighted by atomic mass is 10.1. The molecule has 2 aromatic rings. The molecule has 0 radical (unpaired) electrons. The molecule has 0 aliphatic rings. The molecule has 0 saturated heterocycles. The number of hydrogen-bond donors (Lipinski definition) is 1. The molecule has 180 valence electrons. The molecule has 0 heterocycles. The smallest absolute Gasteiger partial charge is 0.242 e. The van der Waals surface area contributed by atoms with Gasteiger partial charge in [-0.15, -0.1) is 0 Å². The maximum atomic E-state index is 13.3. The van der Waals surface area contributed by atoms with Crippen molar-refractivity contribution in [2.75, 3.05) is 24.2 Å². The number of hydrogen-bond acceptors (Lipinski definition) is 4. The van der Waals surface area contributed by atoms with E-state index >= 15 is 0 Å². The van der Waals surface area contributed by atoms with E-state index in [1.807, 2.05) is 63.2 Å². The minimum absolute atomic E-state index is 0.136. The predicted octanol–water partition coefficient (Wildman–Crippen LogP) is 3.40. The van der Waals surface area contributed by atoms with Crippen LogP contribution in [0.25, 0.3) is 0 Å². The van der Waals surface area contributed by atoms with E-state index < -0.39 is 16.1 Å². The molecule has 8 heteroatoms. The van der Waals surface area contributed by atoms with E-state index in [-0.39, 0.29) is 24.8 Å². The number of amides is 2. The Balaban J connectivity index is 2.20. The number of nitrogens with one attached hydrogen (secondary N) is 1. The summed E-state index contributed by atoms with van der Waals surface area (Å²) < 4.78 is 26.1. The summed E-state index contributed by atoms with van der Waals surface area (Å²) in [5, 5.41) is 2.65. The normalized spacial score (nSPS) is 12.2. The molecule has 0 aromatic heterocycles. The van der Waals surface area contributed by atoms with Gasteiger partial charge in [0.2, 0.25) is 21.8 Å². The standard InChI is InChI=1S/C25H35N3O4S/c1-6-23(25(30)26-4)27(18-21-13-8-7-12-20(21)3)24(29)15-10-16-28(33(5,31)32)22-14-9-11-19(2)17-22/h7-9,11-14,17,23H,6,10,15-16,18H2,1-5H3,(H,26,30). The SMILES string of the molecule is CCC(C(=O)NC)N(Cc1ccccc1C)C(=O)CCCN(c1cccc(C)c1)S(C)(=O)=O. The van der Waals surface area contributed by atoms with Crippen molar-refractivity contribution in [3.8, 4) is 0 Å². The number of likely N-dealkylation sites (N-methyl/N-ethyl adjacent to an activating group) is 1. The maximum Gasteiger partial charge on any atom is 0.242 e. The Labute approximate surface area is 197 Å². The highest BCUT2D eigenvalue weighted by molar-refractivity contribution is 7.92. The van der Waals surface area contributed by atoms with Gasteiger partial charge in [0, 0.05) is 26.6 Å². The van der Waals surface area contributed by atoms with Crippen LogP contribution in [0, 0.1) is 13.8 Å². The van der Waals surface area contributed by atoms with Crippen LogP contribution in [-0.4, -0.2) is 51.0 Å². The van der Waals surface area contributed by atoms with Gasteiger partial charge >= 0.3 is 0 Å². The summed E-state index contributed by atoms with van der Waals surface area (Å²) in [6.45, 7) is 6.26. The van der Waals surface area contributed by atoms with Gasteiger partial charge in [0.15, 0.2) is 0 Å². The lowest BCUT2D eigenvalue weighted by molar-refractivity contribution is -0.141. The lowest BCUT2D eigenvalue weighted by Gasteiger charge is -2.31. The zero-order chi connectivity index (χ0) is 24.6. The molecule has 2 rings (SSSR count). The summed E-state index contributed by atoms with van der Waals surface area (Å²) in [4.78, 5) is 27.4. The average molecular weight is 474 g/mol. The summed E-state index contributed by atoms with van der Waals surface area (Å²) in [6.07, 6.45) is 2.13.